The first-order valence-electron chi connectivity index (χ1n) is 6.64. The Morgan fingerprint density at radius 2 is 2.19 bits per heavy atom. The monoisotopic (exact) mass is 306 g/mol. The molecule has 1 aliphatic rings. The van der Waals surface area contributed by atoms with Gasteiger partial charge >= 0.3 is 0 Å². The van der Waals surface area contributed by atoms with Gasteiger partial charge in [0.2, 0.25) is 0 Å². The molecule has 0 atom stereocenters. The van der Waals surface area contributed by atoms with E-state index in [0.29, 0.717) is 34.6 Å². The maximum Gasteiger partial charge on any atom is 0.276 e. The van der Waals surface area contributed by atoms with Crippen LogP contribution >= 0.6 is 12.2 Å². The third-order valence-corrected chi connectivity index (χ3v) is 3.38. The van der Waals surface area contributed by atoms with Gasteiger partial charge in [-0.05, 0) is 30.3 Å². The van der Waals surface area contributed by atoms with Crippen molar-refractivity contribution >= 4 is 29.3 Å². The highest BCUT2D eigenvalue weighted by molar-refractivity contribution is 7.80. The van der Waals surface area contributed by atoms with Crippen molar-refractivity contribution in [3.63, 3.8) is 0 Å². The molecule has 1 aliphatic heterocycles. The number of carbonyl (C=O) groups is 1. The van der Waals surface area contributed by atoms with E-state index in [1.54, 1.807) is 24.3 Å². The van der Waals surface area contributed by atoms with E-state index in [-0.39, 0.29) is 11.7 Å². The summed E-state index contributed by atoms with van der Waals surface area (Å²) in [5.74, 6) is 0.487. The van der Waals surface area contributed by atoms with Crippen molar-refractivity contribution in [3.8, 4) is 11.5 Å². The molecular weight excluding hydrogens is 288 g/mol. The van der Waals surface area contributed by atoms with Gasteiger partial charge in [0.25, 0.3) is 5.91 Å². The molecule has 1 amide bonds. The number of carbonyl (C=O) groups excluding carboxylic acids is 1. The zero-order chi connectivity index (χ0) is 15.6. The van der Waals surface area contributed by atoms with Gasteiger partial charge in [-0.2, -0.15) is 0 Å². The van der Waals surface area contributed by atoms with Crippen molar-refractivity contribution in [2.24, 2.45) is 5.92 Å². The lowest BCUT2D eigenvalue weighted by Gasteiger charge is -2.16. The molecule has 1 saturated heterocycles. The van der Waals surface area contributed by atoms with Gasteiger partial charge in [-0.15, -0.1) is 0 Å². The second kappa shape index (κ2) is 6.13. The topological polar surface area (TPSA) is 61.8 Å². The zero-order valence-corrected chi connectivity index (χ0v) is 13.0. The molecule has 112 valence electrons. The van der Waals surface area contributed by atoms with E-state index in [1.165, 1.54) is 12.0 Å². The van der Waals surface area contributed by atoms with Gasteiger partial charge in [0.15, 0.2) is 16.6 Å². The van der Waals surface area contributed by atoms with Gasteiger partial charge in [0, 0.05) is 12.1 Å². The number of nitrogens with one attached hydrogen (secondary N) is 1. The second-order valence-electron chi connectivity index (χ2n) is 5.20. The third-order valence-electron chi connectivity index (χ3n) is 3.06. The molecule has 0 unspecified atom stereocenters. The number of thiocarbonyl (C=S) groups is 1. The van der Waals surface area contributed by atoms with Gasteiger partial charge in [-0.3, -0.25) is 9.69 Å². The first-order chi connectivity index (χ1) is 9.93. The zero-order valence-electron chi connectivity index (χ0n) is 12.2. The lowest BCUT2D eigenvalue weighted by atomic mass is 10.1. The van der Waals surface area contributed by atoms with Crippen LogP contribution in [0, 0.1) is 5.92 Å². The number of para-hydroxylation sites is 1. The van der Waals surface area contributed by atoms with Crippen LogP contribution in [0.3, 0.4) is 0 Å². The van der Waals surface area contributed by atoms with Crippen molar-refractivity contribution < 1.29 is 14.6 Å². The van der Waals surface area contributed by atoms with E-state index in [0.717, 1.165) is 0 Å². The molecule has 5 nitrogen and oxygen atoms in total. The van der Waals surface area contributed by atoms with E-state index in [1.807, 2.05) is 13.8 Å². The van der Waals surface area contributed by atoms with Gasteiger partial charge in [0.1, 0.15) is 5.70 Å². The molecule has 1 aromatic carbocycles. The average Bonchev–Trinajstić information content (AvgIpc) is 2.68. The Kier molecular flexibility index (Phi) is 4.47. The Bertz CT molecular complexity index is 611. The van der Waals surface area contributed by atoms with Crippen LogP contribution in [0.4, 0.5) is 0 Å². The molecule has 0 aliphatic carbocycles. The van der Waals surface area contributed by atoms with Crippen LogP contribution in [0.25, 0.3) is 6.08 Å². The van der Waals surface area contributed by atoms with Gasteiger partial charge in [-0.1, -0.05) is 26.0 Å². The molecular formula is C15H18N2O3S. The average molecular weight is 306 g/mol. The molecule has 0 bridgehead atoms. The summed E-state index contributed by atoms with van der Waals surface area (Å²) in [6.45, 7) is 4.60. The van der Waals surface area contributed by atoms with Gasteiger partial charge in [-0.25, -0.2) is 0 Å². The summed E-state index contributed by atoms with van der Waals surface area (Å²) < 4.78 is 5.05. The van der Waals surface area contributed by atoms with Crippen molar-refractivity contribution in [1.29, 1.82) is 0 Å². The van der Waals surface area contributed by atoms with Crippen LogP contribution in [-0.2, 0) is 4.79 Å². The summed E-state index contributed by atoms with van der Waals surface area (Å²) in [5.41, 5.74) is 0.851. The number of phenols is 1. The number of phenolic OH excluding ortho intramolecular Hbond substituents is 1. The maximum atomic E-state index is 12.3. The molecule has 0 spiro atoms. The van der Waals surface area contributed by atoms with Crippen molar-refractivity contribution in [3.05, 3.63) is 29.5 Å². The SMILES string of the molecule is COc1cccc(/C=C2\NC(=S)N(CC(C)C)C2=O)c1O. The molecule has 6 heteroatoms. The number of hydrogen-bond donors (Lipinski definition) is 2. The van der Waals surface area contributed by atoms with E-state index in [2.05, 4.69) is 5.32 Å². The minimum absolute atomic E-state index is 0.00433. The molecule has 0 radical (unpaired) electrons. The third kappa shape index (κ3) is 3.16. The van der Waals surface area contributed by atoms with E-state index < -0.39 is 0 Å². The summed E-state index contributed by atoms with van der Waals surface area (Å²) >= 11 is 5.18. The first kappa shape index (κ1) is 15.3. The van der Waals surface area contributed by atoms with Crippen LogP contribution in [0.2, 0.25) is 0 Å². The Morgan fingerprint density at radius 1 is 1.48 bits per heavy atom. The summed E-state index contributed by atoms with van der Waals surface area (Å²) in [5, 5.41) is 13.3. The minimum atomic E-state index is -0.184. The Balaban J connectivity index is 2.31. The highest BCUT2D eigenvalue weighted by Crippen LogP contribution is 2.31. The fourth-order valence-corrected chi connectivity index (χ4v) is 2.35. The summed E-state index contributed by atoms with van der Waals surface area (Å²) in [6, 6.07) is 5.10. The largest absolute Gasteiger partial charge is 0.504 e. The van der Waals surface area contributed by atoms with Crippen LogP contribution in [0.15, 0.2) is 23.9 Å². The number of ether oxygens (including phenoxy) is 1. The Morgan fingerprint density at radius 3 is 2.81 bits per heavy atom. The van der Waals surface area contributed by atoms with Crippen LogP contribution in [0.1, 0.15) is 19.4 Å². The molecule has 2 rings (SSSR count). The molecule has 0 aromatic heterocycles. The fourth-order valence-electron chi connectivity index (χ4n) is 2.08. The first-order valence-corrected chi connectivity index (χ1v) is 7.05. The lowest BCUT2D eigenvalue weighted by molar-refractivity contribution is -0.122. The number of methoxy groups -OCH3 is 1. The molecule has 1 heterocycles. The predicted octanol–water partition coefficient (Wildman–Crippen LogP) is 2.11. The highest BCUT2D eigenvalue weighted by atomic mass is 32.1. The quantitative estimate of drug-likeness (QED) is 0.659. The summed E-state index contributed by atoms with van der Waals surface area (Å²) in [6.07, 6.45) is 1.58. The number of rotatable bonds is 4. The number of amides is 1. The molecule has 0 saturated carbocycles. The smallest absolute Gasteiger partial charge is 0.276 e. The molecule has 2 N–H and O–H groups in total. The molecule has 21 heavy (non-hydrogen) atoms. The van der Waals surface area contributed by atoms with Crippen molar-refractivity contribution in [1.82, 2.24) is 10.2 Å². The number of benzene rings is 1. The number of nitrogens with zero attached hydrogens (tertiary/aromatic N) is 1. The normalized spacial score (nSPS) is 16.8. The van der Waals surface area contributed by atoms with Crippen LogP contribution in [-0.4, -0.2) is 34.7 Å². The Labute approximate surface area is 129 Å². The summed E-state index contributed by atoms with van der Waals surface area (Å²) in [4.78, 5) is 13.8. The fraction of sp³-hybridized carbons (Fsp3) is 0.333. The second-order valence-corrected chi connectivity index (χ2v) is 5.58. The van der Waals surface area contributed by atoms with Gasteiger partial charge in [0.05, 0.1) is 7.11 Å². The van der Waals surface area contributed by atoms with E-state index in [9.17, 15) is 9.90 Å². The van der Waals surface area contributed by atoms with Crippen molar-refractivity contribution in [2.75, 3.05) is 13.7 Å². The van der Waals surface area contributed by atoms with Crippen LogP contribution in [0.5, 0.6) is 11.5 Å². The predicted molar refractivity (Wildman–Crippen MR) is 84.9 cm³/mol. The number of aromatic hydroxyl groups is 1. The van der Waals surface area contributed by atoms with E-state index in [4.69, 9.17) is 17.0 Å². The van der Waals surface area contributed by atoms with Crippen LogP contribution < -0.4 is 10.1 Å². The summed E-state index contributed by atoms with van der Waals surface area (Å²) in [7, 11) is 1.48. The van der Waals surface area contributed by atoms with Crippen molar-refractivity contribution in [2.45, 2.75) is 13.8 Å². The van der Waals surface area contributed by atoms with Gasteiger partial charge < -0.3 is 15.2 Å². The maximum absolute atomic E-state index is 12.3. The standard InChI is InChI=1S/C15H18N2O3S/c1-9(2)8-17-14(19)11(16-15(17)21)7-10-5-4-6-12(20-3)13(10)18/h4-7,9,18H,8H2,1-3H3,(H,16,21)/b11-7-. The lowest BCUT2D eigenvalue weighted by Crippen LogP contribution is -2.33. The van der Waals surface area contributed by atoms with E-state index >= 15 is 0 Å². The Hall–Kier alpha value is -2.08. The minimum Gasteiger partial charge on any atom is -0.504 e. The molecule has 1 aromatic rings. The highest BCUT2D eigenvalue weighted by Gasteiger charge is 2.31. The molecule has 1 fully saturated rings. The number of hydrogen-bond acceptors (Lipinski definition) is 4.